The molecule has 0 spiro atoms. The molecule has 0 aliphatic heterocycles. The van der Waals surface area contributed by atoms with Crippen LogP contribution in [0, 0.1) is 40.4 Å². The van der Waals surface area contributed by atoms with E-state index in [9.17, 15) is 4.79 Å². The third-order valence-electron chi connectivity index (χ3n) is 9.59. The molecule has 1 nitrogen and oxygen atoms in total. The molecule has 0 N–H and O–H groups in total. The van der Waals surface area contributed by atoms with Gasteiger partial charge in [-0.15, -0.1) is 0 Å². The van der Waals surface area contributed by atoms with Gasteiger partial charge in [0, 0.05) is 6.42 Å². The van der Waals surface area contributed by atoms with Crippen molar-refractivity contribution < 1.29 is 4.79 Å². The van der Waals surface area contributed by atoms with Crippen LogP contribution in [0.1, 0.15) is 79.6 Å². The predicted molar refractivity (Wildman–Crippen MR) is 122 cm³/mol. The van der Waals surface area contributed by atoms with Crippen LogP contribution < -0.4 is 0 Å². The Morgan fingerprint density at radius 3 is 2.62 bits per heavy atom. The summed E-state index contributed by atoms with van der Waals surface area (Å²) in [6.45, 7) is 16.0. The molecule has 4 aliphatic carbocycles. The first-order valence-corrected chi connectivity index (χ1v) is 11.9. The number of fused-ring (bicyclic) bond motifs is 5. The van der Waals surface area contributed by atoms with E-state index in [1.165, 1.54) is 36.8 Å². The third-order valence-corrected chi connectivity index (χ3v) is 9.59. The molecule has 2 fully saturated rings. The normalized spacial score (nSPS) is 41.1. The van der Waals surface area contributed by atoms with Crippen LogP contribution >= 0.6 is 0 Å². The van der Waals surface area contributed by atoms with Crippen molar-refractivity contribution in [3.63, 3.8) is 0 Å². The average molecular weight is 393 g/mol. The van der Waals surface area contributed by atoms with Gasteiger partial charge in [0.15, 0.2) is 5.78 Å². The third kappa shape index (κ3) is 3.33. The highest BCUT2D eigenvalue weighted by molar-refractivity contribution is 5.91. The van der Waals surface area contributed by atoms with Gasteiger partial charge >= 0.3 is 0 Å². The Morgan fingerprint density at radius 1 is 1.14 bits per heavy atom. The molecule has 0 bridgehead atoms. The molecule has 0 aromatic rings. The van der Waals surface area contributed by atoms with Gasteiger partial charge in [-0.05, 0) is 91.9 Å². The number of ketones is 1. The Bertz CT molecular complexity index is 795. The molecule has 0 heterocycles. The van der Waals surface area contributed by atoms with Crippen molar-refractivity contribution in [3.05, 3.63) is 47.6 Å². The van der Waals surface area contributed by atoms with Gasteiger partial charge in [0.1, 0.15) is 0 Å². The van der Waals surface area contributed by atoms with Crippen LogP contribution in [0.3, 0.4) is 0 Å². The molecule has 4 aliphatic rings. The highest BCUT2D eigenvalue weighted by Crippen LogP contribution is 2.66. The maximum Gasteiger partial charge on any atom is 0.155 e. The number of rotatable bonds is 4. The Hall–Kier alpha value is -1.37. The van der Waals surface area contributed by atoms with E-state index >= 15 is 0 Å². The number of carbonyl (C=O) groups excluding carboxylic acids is 1. The topological polar surface area (TPSA) is 17.1 Å². The van der Waals surface area contributed by atoms with Crippen LogP contribution in [0.15, 0.2) is 47.6 Å². The molecule has 0 aromatic carbocycles. The highest BCUT2D eigenvalue weighted by atomic mass is 16.1. The summed E-state index contributed by atoms with van der Waals surface area (Å²) >= 11 is 0. The first-order valence-electron chi connectivity index (χ1n) is 11.9. The molecular weight excluding hydrogens is 352 g/mol. The smallest absolute Gasteiger partial charge is 0.155 e. The zero-order valence-corrected chi connectivity index (χ0v) is 19.3. The van der Waals surface area contributed by atoms with Gasteiger partial charge in [0.05, 0.1) is 0 Å². The molecule has 0 amide bonds. The minimum Gasteiger partial charge on any atom is -0.295 e. The van der Waals surface area contributed by atoms with Crippen LogP contribution in [0.4, 0.5) is 0 Å². The summed E-state index contributed by atoms with van der Waals surface area (Å²) in [6.07, 6.45) is 17.6. The molecule has 2 saturated carbocycles. The van der Waals surface area contributed by atoms with Crippen molar-refractivity contribution in [1.29, 1.82) is 0 Å². The van der Waals surface area contributed by atoms with Crippen molar-refractivity contribution in [2.24, 2.45) is 40.4 Å². The van der Waals surface area contributed by atoms with Gasteiger partial charge in [-0.1, -0.05) is 69.2 Å². The van der Waals surface area contributed by atoms with Crippen LogP contribution in [0.25, 0.3) is 0 Å². The maximum atomic E-state index is 12.0. The fourth-order valence-corrected chi connectivity index (χ4v) is 7.40. The summed E-state index contributed by atoms with van der Waals surface area (Å²) in [4.78, 5) is 12.0. The van der Waals surface area contributed by atoms with Crippen molar-refractivity contribution in [2.45, 2.75) is 79.6 Å². The molecule has 0 aromatic heterocycles. The molecule has 7 atom stereocenters. The molecule has 4 rings (SSSR count). The first kappa shape index (κ1) is 20.9. The van der Waals surface area contributed by atoms with Gasteiger partial charge in [0.2, 0.25) is 0 Å². The van der Waals surface area contributed by atoms with E-state index in [0.717, 1.165) is 31.1 Å². The molecule has 0 saturated heterocycles. The van der Waals surface area contributed by atoms with Gasteiger partial charge in [-0.2, -0.15) is 0 Å². The Balaban J connectivity index is 1.58. The predicted octanol–water partition coefficient (Wildman–Crippen LogP) is 7.46. The monoisotopic (exact) mass is 392 g/mol. The van der Waals surface area contributed by atoms with Crippen molar-refractivity contribution in [1.82, 2.24) is 0 Å². The maximum absolute atomic E-state index is 12.0. The lowest BCUT2D eigenvalue weighted by atomic mass is 9.50. The van der Waals surface area contributed by atoms with E-state index < -0.39 is 0 Å². The second-order valence-corrected chi connectivity index (χ2v) is 11.2. The summed E-state index contributed by atoms with van der Waals surface area (Å²) in [5.74, 6) is 3.64. The second kappa shape index (κ2) is 7.40. The van der Waals surface area contributed by atoms with E-state index in [1.807, 2.05) is 6.08 Å². The summed E-state index contributed by atoms with van der Waals surface area (Å²) in [5.41, 5.74) is 5.10. The first-order chi connectivity index (χ1) is 13.7. The van der Waals surface area contributed by atoms with Gasteiger partial charge in [-0.25, -0.2) is 0 Å². The summed E-state index contributed by atoms with van der Waals surface area (Å²) in [7, 11) is 0. The van der Waals surface area contributed by atoms with Gasteiger partial charge in [0.25, 0.3) is 0 Å². The van der Waals surface area contributed by atoms with E-state index in [1.54, 1.807) is 5.57 Å². The second-order valence-electron chi connectivity index (χ2n) is 11.2. The molecule has 0 unspecified atom stereocenters. The van der Waals surface area contributed by atoms with E-state index in [-0.39, 0.29) is 5.41 Å². The standard InChI is InChI=1S/C28H40O/c1-18(2)19(3)7-8-20(4)24-11-12-25-23-10-9-21-17-22(29)13-15-27(21,5)26(23)14-16-28(24,25)6/h7-8,10,17,19-20,24-26H,1,9,11-16H2,2-6H3/b8-7+/t19-,20+,24+,25-,26-,27-,28+/m0/s1. The minimum atomic E-state index is 0.236. The van der Waals surface area contributed by atoms with E-state index in [2.05, 4.69) is 59.4 Å². The van der Waals surface area contributed by atoms with Crippen molar-refractivity contribution in [3.8, 4) is 0 Å². The number of hydrogen-bond donors (Lipinski definition) is 0. The van der Waals surface area contributed by atoms with Crippen LogP contribution in [0.5, 0.6) is 0 Å². The summed E-state index contributed by atoms with van der Waals surface area (Å²) in [5, 5.41) is 0. The molecule has 1 heteroatoms. The van der Waals surface area contributed by atoms with Gasteiger partial charge in [-0.3, -0.25) is 4.79 Å². The zero-order chi connectivity index (χ0) is 21.0. The number of carbonyl (C=O) groups is 1. The fourth-order valence-electron chi connectivity index (χ4n) is 7.40. The van der Waals surface area contributed by atoms with Crippen molar-refractivity contribution >= 4 is 5.78 Å². The molecule has 158 valence electrons. The van der Waals surface area contributed by atoms with Gasteiger partial charge < -0.3 is 0 Å². The van der Waals surface area contributed by atoms with E-state index in [0.29, 0.717) is 29.0 Å². The summed E-state index contributed by atoms with van der Waals surface area (Å²) < 4.78 is 0. The Labute approximate surface area is 178 Å². The molecule has 29 heavy (non-hydrogen) atoms. The SMILES string of the molecule is C=C(C)[C@@H](C)/C=C/[C@@H](C)[C@H]1CC[C@H]2C3=CCC4=CC(=O)CC[C@]4(C)[C@H]3CC[C@]12C. The minimum absolute atomic E-state index is 0.236. The lowest BCUT2D eigenvalue weighted by Gasteiger charge is -2.54. The quantitative estimate of drug-likeness (QED) is 0.454. The Morgan fingerprint density at radius 2 is 1.90 bits per heavy atom. The molecule has 0 radical (unpaired) electrons. The van der Waals surface area contributed by atoms with Crippen LogP contribution in [0.2, 0.25) is 0 Å². The summed E-state index contributed by atoms with van der Waals surface area (Å²) in [6, 6.07) is 0. The largest absolute Gasteiger partial charge is 0.295 e. The zero-order valence-electron chi connectivity index (χ0n) is 19.3. The Kier molecular flexibility index (Phi) is 5.33. The lowest BCUT2D eigenvalue weighted by Crippen LogP contribution is -2.46. The lowest BCUT2D eigenvalue weighted by molar-refractivity contribution is -0.116. The average Bonchev–Trinajstić information content (AvgIpc) is 3.03. The fraction of sp³-hybridized carbons (Fsp3) is 0.679. The highest BCUT2D eigenvalue weighted by Gasteiger charge is 2.56. The van der Waals surface area contributed by atoms with E-state index in [4.69, 9.17) is 0 Å². The van der Waals surface area contributed by atoms with Crippen LogP contribution in [-0.2, 0) is 4.79 Å². The number of allylic oxidation sites excluding steroid dienone is 7. The van der Waals surface area contributed by atoms with Crippen molar-refractivity contribution in [2.75, 3.05) is 0 Å². The molecular formula is C28H40O. The van der Waals surface area contributed by atoms with Crippen LogP contribution in [-0.4, -0.2) is 5.78 Å². The number of hydrogen-bond acceptors (Lipinski definition) is 1.